The third-order valence-electron chi connectivity index (χ3n) is 3.60. The third kappa shape index (κ3) is 3.04. The molecule has 1 fully saturated rings. The summed E-state index contributed by atoms with van der Waals surface area (Å²) in [7, 11) is 0. The van der Waals surface area contributed by atoms with Gasteiger partial charge in [-0.1, -0.05) is 19.1 Å². The molecule has 20 heavy (non-hydrogen) atoms. The first kappa shape index (κ1) is 14.2. The van der Waals surface area contributed by atoms with Gasteiger partial charge in [0.1, 0.15) is 5.78 Å². The van der Waals surface area contributed by atoms with Crippen LogP contribution in [0.4, 0.5) is 5.69 Å². The van der Waals surface area contributed by atoms with Gasteiger partial charge in [0.05, 0.1) is 5.92 Å². The number of carbonyl (C=O) groups excluding carboxylic acids is 2. The third-order valence-corrected chi connectivity index (χ3v) is 3.60. The largest absolute Gasteiger partial charge is 0.481 e. The van der Waals surface area contributed by atoms with Gasteiger partial charge in [0.15, 0.2) is 0 Å². The van der Waals surface area contributed by atoms with Gasteiger partial charge in [-0.05, 0) is 24.1 Å². The normalized spacial score (nSPS) is 21.8. The lowest BCUT2D eigenvalue weighted by molar-refractivity contribution is -0.142. The highest BCUT2D eigenvalue weighted by molar-refractivity contribution is 5.94. The number of benzene rings is 1. The van der Waals surface area contributed by atoms with Gasteiger partial charge in [0, 0.05) is 24.4 Å². The maximum Gasteiger partial charge on any atom is 0.306 e. The van der Waals surface area contributed by atoms with Gasteiger partial charge in [-0.2, -0.15) is 0 Å². The summed E-state index contributed by atoms with van der Waals surface area (Å²) in [6.07, 6.45) is 0.804. The fourth-order valence-electron chi connectivity index (χ4n) is 2.48. The van der Waals surface area contributed by atoms with Crippen LogP contribution in [0.2, 0.25) is 0 Å². The standard InChI is InChI=1S/C15H17NO4/c1-2-14(18)16-11-5-3-4-9(6-11)12-7-10(15(19)20)8-13(12)17/h3-6,10,12H,2,7-8H2,1H3,(H,16,18)(H,19,20)/t10-,12-/m1/s1. The quantitative estimate of drug-likeness (QED) is 0.882. The fraction of sp³-hybridized carbons (Fsp3) is 0.400. The molecule has 1 aromatic carbocycles. The predicted octanol–water partition coefficient (Wildman–Crippen LogP) is 2.18. The van der Waals surface area contributed by atoms with Gasteiger partial charge >= 0.3 is 5.97 Å². The zero-order chi connectivity index (χ0) is 14.7. The molecule has 0 radical (unpaired) electrons. The van der Waals surface area contributed by atoms with Crippen molar-refractivity contribution in [2.75, 3.05) is 5.32 Å². The molecule has 0 spiro atoms. The van der Waals surface area contributed by atoms with Crippen molar-refractivity contribution in [3.63, 3.8) is 0 Å². The van der Waals surface area contributed by atoms with Gasteiger partial charge in [-0.3, -0.25) is 14.4 Å². The highest BCUT2D eigenvalue weighted by Crippen LogP contribution is 2.36. The molecular formula is C15H17NO4. The zero-order valence-corrected chi connectivity index (χ0v) is 11.3. The molecule has 5 nitrogen and oxygen atoms in total. The predicted molar refractivity (Wildman–Crippen MR) is 73.5 cm³/mol. The van der Waals surface area contributed by atoms with Crippen LogP contribution >= 0.6 is 0 Å². The average Bonchev–Trinajstić information content (AvgIpc) is 2.81. The zero-order valence-electron chi connectivity index (χ0n) is 11.3. The Kier molecular flexibility index (Phi) is 4.17. The number of Topliss-reactive ketones (excluding diaryl/α,β-unsaturated/α-hetero) is 1. The van der Waals surface area contributed by atoms with Crippen molar-refractivity contribution in [3.05, 3.63) is 29.8 Å². The molecule has 0 unspecified atom stereocenters. The number of carboxylic acid groups (broad SMARTS) is 1. The molecule has 1 aromatic rings. The van der Waals surface area contributed by atoms with Gasteiger partial charge in [-0.25, -0.2) is 0 Å². The lowest BCUT2D eigenvalue weighted by atomic mass is 9.95. The van der Waals surface area contributed by atoms with E-state index in [2.05, 4.69) is 5.32 Å². The molecule has 5 heteroatoms. The minimum absolute atomic E-state index is 0.0450. The van der Waals surface area contributed by atoms with E-state index in [1.807, 2.05) is 0 Å². The molecule has 0 saturated heterocycles. The average molecular weight is 275 g/mol. The molecule has 1 aliphatic rings. The van der Waals surface area contributed by atoms with Crippen LogP contribution in [0.5, 0.6) is 0 Å². The molecule has 0 aliphatic heterocycles. The summed E-state index contributed by atoms with van der Waals surface area (Å²) in [5.74, 6) is -2.04. The Morgan fingerprint density at radius 3 is 2.75 bits per heavy atom. The molecule has 0 aromatic heterocycles. The van der Waals surface area contributed by atoms with E-state index in [9.17, 15) is 14.4 Å². The van der Waals surface area contributed by atoms with Crippen molar-refractivity contribution in [2.24, 2.45) is 5.92 Å². The smallest absolute Gasteiger partial charge is 0.306 e. The van der Waals surface area contributed by atoms with Crippen LogP contribution < -0.4 is 5.32 Å². The second kappa shape index (κ2) is 5.86. The number of nitrogens with one attached hydrogen (secondary N) is 1. The summed E-state index contributed by atoms with van der Waals surface area (Å²) in [5, 5.41) is 11.7. The van der Waals surface area contributed by atoms with Crippen LogP contribution in [0, 0.1) is 5.92 Å². The summed E-state index contributed by atoms with van der Waals surface area (Å²) in [6.45, 7) is 1.76. The SMILES string of the molecule is CCC(=O)Nc1cccc([C@H]2C[C@@H](C(=O)O)CC2=O)c1. The summed E-state index contributed by atoms with van der Waals surface area (Å²) < 4.78 is 0. The minimum atomic E-state index is -0.920. The first-order valence-corrected chi connectivity index (χ1v) is 6.66. The molecule has 0 heterocycles. The highest BCUT2D eigenvalue weighted by atomic mass is 16.4. The highest BCUT2D eigenvalue weighted by Gasteiger charge is 2.37. The first-order valence-electron chi connectivity index (χ1n) is 6.66. The number of carboxylic acids is 1. The number of amides is 1. The summed E-state index contributed by atoms with van der Waals surface area (Å²) in [4.78, 5) is 34.3. The second-order valence-electron chi connectivity index (χ2n) is 5.02. The van der Waals surface area contributed by atoms with E-state index in [0.29, 0.717) is 18.5 Å². The van der Waals surface area contributed by atoms with Crippen molar-refractivity contribution in [3.8, 4) is 0 Å². The Bertz CT molecular complexity index is 553. The Labute approximate surface area is 117 Å². The monoisotopic (exact) mass is 275 g/mol. The Balaban J connectivity index is 2.17. The van der Waals surface area contributed by atoms with Crippen molar-refractivity contribution in [1.82, 2.24) is 0 Å². The maximum absolute atomic E-state index is 11.9. The second-order valence-corrected chi connectivity index (χ2v) is 5.02. The van der Waals surface area contributed by atoms with E-state index < -0.39 is 11.9 Å². The molecular weight excluding hydrogens is 258 g/mol. The number of carbonyl (C=O) groups is 3. The van der Waals surface area contributed by atoms with Gasteiger partial charge in [0.25, 0.3) is 0 Å². The van der Waals surface area contributed by atoms with Crippen LogP contribution in [0.3, 0.4) is 0 Å². The molecule has 2 atom stereocenters. The van der Waals surface area contributed by atoms with Crippen molar-refractivity contribution in [2.45, 2.75) is 32.1 Å². The van der Waals surface area contributed by atoms with E-state index in [1.54, 1.807) is 31.2 Å². The van der Waals surface area contributed by atoms with E-state index in [1.165, 1.54) is 0 Å². The fourth-order valence-corrected chi connectivity index (χ4v) is 2.48. The van der Waals surface area contributed by atoms with Crippen LogP contribution in [-0.4, -0.2) is 22.8 Å². The number of hydrogen-bond donors (Lipinski definition) is 2. The number of ketones is 1. The van der Waals surface area contributed by atoms with E-state index in [0.717, 1.165) is 5.56 Å². The molecule has 0 bridgehead atoms. The van der Waals surface area contributed by atoms with Gasteiger partial charge < -0.3 is 10.4 Å². The van der Waals surface area contributed by atoms with Gasteiger partial charge in [-0.15, -0.1) is 0 Å². The first-order chi connectivity index (χ1) is 9.51. The molecule has 2 N–H and O–H groups in total. The number of rotatable bonds is 4. The Morgan fingerprint density at radius 2 is 2.15 bits per heavy atom. The van der Waals surface area contributed by atoms with Crippen molar-refractivity contribution >= 4 is 23.3 Å². The van der Waals surface area contributed by atoms with E-state index >= 15 is 0 Å². The summed E-state index contributed by atoms with van der Waals surface area (Å²) in [6, 6.07) is 7.07. The van der Waals surface area contributed by atoms with Crippen molar-refractivity contribution in [1.29, 1.82) is 0 Å². The molecule has 1 amide bonds. The maximum atomic E-state index is 11.9. The minimum Gasteiger partial charge on any atom is -0.481 e. The van der Waals surface area contributed by atoms with Crippen LogP contribution in [0.1, 0.15) is 37.7 Å². The van der Waals surface area contributed by atoms with Crippen molar-refractivity contribution < 1.29 is 19.5 Å². The van der Waals surface area contributed by atoms with Crippen LogP contribution in [-0.2, 0) is 14.4 Å². The topological polar surface area (TPSA) is 83.5 Å². The lowest BCUT2D eigenvalue weighted by Crippen LogP contribution is -2.11. The Hall–Kier alpha value is -2.17. The lowest BCUT2D eigenvalue weighted by Gasteiger charge is -2.11. The number of anilines is 1. The molecule has 1 aliphatic carbocycles. The van der Waals surface area contributed by atoms with E-state index in [-0.39, 0.29) is 24.0 Å². The molecule has 1 saturated carbocycles. The molecule has 2 rings (SSSR count). The van der Waals surface area contributed by atoms with Crippen LogP contribution in [0.15, 0.2) is 24.3 Å². The van der Waals surface area contributed by atoms with Crippen LogP contribution in [0.25, 0.3) is 0 Å². The van der Waals surface area contributed by atoms with E-state index in [4.69, 9.17) is 5.11 Å². The van der Waals surface area contributed by atoms with Gasteiger partial charge in [0.2, 0.25) is 5.91 Å². The molecule has 106 valence electrons. The summed E-state index contributed by atoms with van der Waals surface area (Å²) >= 11 is 0. The number of aliphatic carboxylic acids is 1. The summed E-state index contributed by atoms with van der Waals surface area (Å²) in [5.41, 5.74) is 1.41. The number of hydrogen-bond acceptors (Lipinski definition) is 3. The Morgan fingerprint density at radius 1 is 1.40 bits per heavy atom.